The minimum Gasteiger partial charge on any atom is -0.369 e. The number of nitrogens with one attached hydrogen (secondary N) is 2. The van der Waals surface area contributed by atoms with E-state index in [0.29, 0.717) is 53.6 Å². The van der Waals surface area contributed by atoms with Crippen LogP contribution < -0.4 is 17.0 Å². The van der Waals surface area contributed by atoms with Crippen LogP contribution in [0.4, 0.5) is 0 Å². The number of hydrogen-bond donors (Lipinski definition) is 3. The molecule has 1 amide bonds. The number of aromatic nitrogens is 6. The van der Waals surface area contributed by atoms with Crippen LogP contribution in [0.25, 0.3) is 33.2 Å². The number of H-pyrrole nitrogens is 2. The fourth-order valence-electron chi connectivity index (χ4n) is 4.25. The molecule has 31 heavy (non-hydrogen) atoms. The number of likely N-dealkylation sites (tertiary alicyclic amines) is 1. The van der Waals surface area contributed by atoms with Crippen LogP contribution in [0.1, 0.15) is 18.9 Å². The van der Waals surface area contributed by atoms with Crippen molar-refractivity contribution in [3.05, 3.63) is 51.6 Å². The maximum absolute atomic E-state index is 12.9. The molecule has 5 rings (SSSR count). The number of hydrogen-bond acceptors (Lipinski definition) is 7. The quantitative estimate of drug-likeness (QED) is 0.397. The van der Waals surface area contributed by atoms with Crippen molar-refractivity contribution in [2.45, 2.75) is 18.9 Å². The van der Waals surface area contributed by atoms with Gasteiger partial charge in [-0.2, -0.15) is 5.10 Å². The molecule has 0 aromatic carbocycles. The molecule has 0 aliphatic carbocycles. The molecule has 0 radical (unpaired) electrons. The number of carbonyl (C=O) groups excluding carboxylic acids is 1. The zero-order valence-electron chi connectivity index (χ0n) is 16.5. The standard InChI is InChI=1S/C20H20N8O3/c21-16(29)10-27-5-3-12(4-6-27)28-18-13(19(30)26-20(28)31)9-22-15-2-1-14(25-17(15)18)11-7-23-24-8-11/h1-2,7-9,12H,3-6,10H2,(H2,21,29)(H,23,24)(H,26,30,31). The van der Waals surface area contributed by atoms with E-state index in [1.165, 1.54) is 6.20 Å². The Kier molecular flexibility index (Phi) is 4.59. The van der Waals surface area contributed by atoms with E-state index < -0.39 is 11.2 Å². The summed E-state index contributed by atoms with van der Waals surface area (Å²) in [5.41, 5.74) is 7.32. The Labute approximate surface area is 174 Å². The molecule has 11 heteroatoms. The molecule has 1 saturated heterocycles. The van der Waals surface area contributed by atoms with E-state index in [9.17, 15) is 14.4 Å². The summed E-state index contributed by atoms with van der Waals surface area (Å²) in [6.07, 6.45) is 6.13. The van der Waals surface area contributed by atoms with Gasteiger partial charge in [-0.15, -0.1) is 0 Å². The van der Waals surface area contributed by atoms with Gasteiger partial charge in [0.05, 0.1) is 34.9 Å². The predicted molar refractivity (Wildman–Crippen MR) is 113 cm³/mol. The van der Waals surface area contributed by atoms with Crippen LogP contribution in [-0.4, -0.2) is 60.2 Å². The summed E-state index contributed by atoms with van der Waals surface area (Å²) in [4.78, 5) is 50.2. The monoisotopic (exact) mass is 420 g/mol. The number of pyridine rings is 2. The Morgan fingerprint density at radius 3 is 2.71 bits per heavy atom. The number of carbonyl (C=O) groups is 1. The van der Waals surface area contributed by atoms with Gasteiger partial charge in [-0.25, -0.2) is 9.78 Å². The van der Waals surface area contributed by atoms with Crippen molar-refractivity contribution in [3.8, 4) is 11.3 Å². The minimum absolute atomic E-state index is 0.152. The number of rotatable bonds is 4. The van der Waals surface area contributed by atoms with E-state index in [1.807, 2.05) is 17.0 Å². The number of aromatic amines is 2. The molecule has 1 aliphatic rings. The van der Waals surface area contributed by atoms with Crippen molar-refractivity contribution in [1.29, 1.82) is 0 Å². The minimum atomic E-state index is -0.493. The van der Waals surface area contributed by atoms with Gasteiger partial charge in [-0.1, -0.05) is 0 Å². The van der Waals surface area contributed by atoms with Gasteiger partial charge in [0.25, 0.3) is 5.56 Å². The third kappa shape index (κ3) is 3.38. The number of fused-ring (bicyclic) bond motifs is 3. The number of nitrogens with two attached hydrogens (primary N) is 1. The van der Waals surface area contributed by atoms with Crippen molar-refractivity contribution in [3.63, 3.8) is 0 Å². The Bertz CT molecular complexity index is 1400. The molecule has 0 bridgehead atoms. The molecule has 0 spiro atoms. The van der Waals surface area contributed by atoms with Gasteiger partial charge in [0, 0.05) is 37.1 Å². The first kappa shape index (κ1) is 19.1. The Hall–Kier alpha value is -3.86. The van der Waals surface area contributed by atoms with Crippen LogP contribution in [0, 0.1) is 0 Å². The average Bonchev–Trinajstić information content (AvgIpc) is 3.29. The van der Waals surface area contributed by atoms with Crippen molar-refractivity contribution < 1.29 is 4.79 Å². The fourth-order valence-corrected chi connectivity index (χ4v) is 4.25. The normalized spacial score (nSPS) is 15.6. The summed E-state index contributed by atoms with van der Waals surface area (Å²) in [5, 5.41) is 7.03. The first-order valence-electron chi connectivity index (χ1n) is 9.95. The van der Waals surface area contributed by atoms with Crippen molar-refractivity contribution in [1.82, 2.24) is 34.6 Å². The van der Waals surface area contributed by atoms with Gasteiger partial charge >= 0.3 is 5.69 Å². The van der Waals surface area contributed by atoms with E-state index >= 15 is 0 Å². The summed E-state index contributed by atoms with van der Waals surface area (Å²) in [5.74, 6) is -0.377. The summed E-state index contributed by atoms with van der Waals surface area (Å²) in [6.45, 7) is 1.44. The van der Waals surface area contributed by atoms with Gasteiger partial charge in [0.15, 0.2) is 0 Å². The maximum atomic E-state index is 12.9. The highest BCUT2D eigenvalue weighted by atomic mass is 16.2. The second kappa shape index (κ2) is 7.43. The second-order valence-corrected chi connectivity index (χ2v) is 7.67. The lowest BCUT2D eigenvalue weighted by Gasteiger charge is -2.32. The number of nitrogens with zero attached hydrogens (tertiary/aromatic N) is 5. The average molecular weight is 420 g/mol. The van der Waals surface area contributed by atoms with Gasteiger partial charge in [0.2, 0.25) is 5.91 Å². The zero-order valence-corrected chi connectivity index (χ0v) is 16.5. The third-order valence-electron chi connectivity index (χ3n) is 5.71. The van der Waals surface area contributed by atoms with Crippen molar-refractivity contribution in [2.75, 3.05) is 19.6 Å². The molecule has 5 heterocycles. The Morgan fingerprint density at radius 2 is 2.00 bits per heavy atom. The molecule has 1 aliphatic heterocycles. The SMILES string of the molecule is NC(=O)CN1CCC(n2c(=O)[nH]c(=O)c3cnc4ccc(-c5cn[nH]c5)nc4c32)CC1. The molecule has 0 unspecified atom stereocenters. The molecule has 0 atom stereocenters. The summed E-state index contributed by atoms with van der Waals surface area (Å²) < 4.78 is 1.62. The molecule has 4 aromatic heterocycles. The predicted octanol–water partition coefficient (Wildman–Crippen LogP) is 0.145. The lowest BCUT2D eigenvalue weighted by atomic mass is 10.0. The van der Waals surface area contributed by atoms with E-state index in [1.54, 1.807) is 17.0 Å². The van der Waals surface area contributed by atoms with E-state index in [4.69, 9.17) is 10.7 Å². The maximum Gasteiger partial charge on any atom is 0.329 e. The van der Waals surface area contributed by atoms with Gasteiger partial charge in [-0.3, -0.25) is 34.1 Å². The number of piperidine rings is 1. The Balaban J connectivity index is 1.69. The highest BCUT2D eigenvalue weighted by molar-refractivity contribution is 6.01. The molecular formula is C20H20N8O3. The van der Waals surface area contributed by atoms with E-state index in [-0.39, 0.29) is 18.5 Å². The molecule has 4 N–H and O–H groups in total. The van der Waals surface area contributed by atoms with Gasteiger partial charge in [-0.05, 0) is 25.0 Å². The fraction of sp³-hybridized carbons (Fsp3) is 0.300. The van der Waals surface area contributed by atoms with Crippen molar-refractivity contribution >= 4 is 27.8 Å². The largest absolute Gasteiger partial charge is 0.369 e. The van der Waals surface area contributed by atoms with Crippen LogP contribution >= 0.6 is 0 Å². The highest BCUT2D eigenvalue weighted by Gasteiger charge is 2.25. The first-order chi connectivity index (χ1) is 15.0. The topological polar surface area (TPSA) is 156 Å². The number of primary amides is 1. The summed E-state index contributed by atoms with van der Waals surface area (Å²) >= 11 is 0. The van der Waals surface area contributed by atoms with E-state index in [2.05, 4.69) is 20.2 Å². The smallest absolute Gasteiger partial charge is 0.329 e. The second-order valence-electron chi connectivity index (χ2n) is 7.67. The molecule has 158 valence electrons. The van der Waals surface area contributed by atoms with Gasteiger partial charge < -0.3 is 5.73 Å². The molecule has 11 nitrogen and oxygen atoms in total. The van der Waals surface area contributed by atoms with Crippen LogP contribution in [-0.2, 0) is 4.79 Å². The lowest BCUT2D eigenvalue weighted by Crippen LogP contribution is -2.42. The van der Waals surface area contributed by atoms with E-state index in [0.717, 1.165) is 5.56 Å². The lowest BCUT2D eigenvalue weighted by molar-refractivity contribution is -0.119. The van der Waals surface area contributed by atoms with Crippen LogP contribution in [0.5, 0.6) is 0 Å². The third-order valence-corrected chi connectivity index (χ3v) is 5.71. The highest BCUT2D eigenvalue weighted by Crippen LogP contribution is 2.28. The zero-order chi connectivity index (χ0) is 21.5. The summed E-state index contributed by atoms with van der Waals surface area (Å²) in [6, 6.07) is 3.49. The number of amides is 1. The summed E-state index contributed by atoms with van der Waals surface area (Å²) in [7, 11) is 0. The van der Waals surface area contributed by atoms with Gasteiger partial charge in [0.1, 0.15) is 5.52 Å². The van der Waals surface area contributed by atoms with Crippen LogP contribution in [0.15, 0.2) is 40.3 Å². The van der Waals surface area contributed by atoms with Crippen molar-refractivity contribution in [2.24, 2.45) is 5.73 Å². The molecule has 1 fully saturated rings. The Morgan fingerprint density at radius 1 is 1.19 bits per heavy atom. The molecule has 4 aromatic rings. The van der Waals surface area contributed by atoms with Crippen LogP contribution in [0.3, 0.4) is 0 Å². The first-order valence-corrected chi connectivity index (χ1v) is 9.95. The molecule has 0 saturated carbocycles. The molecular weight excluding hydrogens is 400 g/mol. The van der Waals surface area contributed by atoms with Crippen LogP contribution in [0.2, 0.25) is 0 Å².